The fourth-order valence-electron chi connectivity index (χ4n) is 1.92. The van der Waals surface area contributed by atoms with Gasteiger partial charge in [-0.25, -0.2) is 4.79 Å². The number of allylic oxidation sites excluding steroid dienone is 1. The van der Waals surface area contributed by atoms with Gasteiger partial charge in [-0.1, -0.05) is 6.08 Å². The summed E-state index contributed by atoms with van der Waals surface area (Å²) in [5.41, 5.74) is 0.336. The quantitative estimate of drug-likeness (QED) is 0.656. The van der Waals surface area contributed by atoms with Gasteiger partial charge in [0, 0.05) is 31.8 Å². The highest BCUT2D eigenvalue weighted by Gasteiger charge is 2.37. The summed E-state index contributed by atoms with van der Waals surface area (Å²) in [5, 5.41) is 0. The van der Waals surface area contributed by atoms with Gasteiger partial charge >= 0.3 is 5.69 Å². The zero-order valence-electron chi connectivity index (χ0n) is 8.93. The van der Waals surface area contributed by atoms with Crippen molar-refractivity contribution in [2.75, 3.05) is 0 Å². The van der Waals surface area contributed by atoms with Crippen LogP contribution in [0.2, 0.25) is 0 Å². The number of hydrogen-bond donors (Lipinski definition) is 0. The molecule has 2 atom stereocenters. The Bertz CT molecular complexity index is 524. The molecule has 1 aliphatic rings. The van der Waals surface area contributed by atoms with Crippen LogP contribution in [0.25, 0.3) is 0 Å². The molecule has 4 nitrogen and oxygen atoms in total. The van der Waals surface area contributed by atoms with Crippen LogP contribution >= 0.6 is 0 Å². The van der Waals surface area contributed by atoms with Crippen LogP contribution < -0.4 is 11.2 Å². The minimum absolute atomic E-state index is 0.234. The van der Waals surface area contributed by atoms with E-state index in [4.69, 9.17) is 0 Å². The molecule has 4 heteroatoms. The zero-order valence-corrected chi connectivity index (χ0v) is 8.93. The molecule has 1 aromatic heterocycles. The van der Waals surface area contributed by atoms with E-state index >= 15 is 0 Å². The fraction of sp³-hybridized carbons (Fsp3) is 0.455. The van der Waals surface area contributed by atoms with Gasteiger partial charge in [-0.3, -0.25) is 9.36 Å². The first-order valence-corrected chi connectivity index (χ1v) is 4.95. The van der Waals surface area contributed by atoms with Crippen molar-refractivity contribution < 1.29 is 0 Å². The molecular formula is C11H14N2O2. The van der Waals surface area contributed by atoms with E-state index in [0.29, 0.717) is 11.8 Å². The van der Waals surface area contributed by atoms with Crippen molar-refractivity contribution in [3.63, 3.8) is 0 Å². The summed E-state index contributed by atoms with van der Waals surface area (Å²) in [6.45, 7) is 3.72. The number of rotatable bonds is 2. The average molecular weight is 206 g/mol. The first-order chi connectivity index (χ1) is 7.06. The average Bonchev–Trinajstić information content (AvgIpc) is 2.99. The second kappa shape index (κ2) is 3.22. The second-order valence-corrected chi connectivity index (χ2v) is 4.05. The third-order valence-corrected chi connectivity index (χ3v) is 3.09. The van der Waals surface area contributed by atoms with Crippen LogP contribution in [-0.4, -0.2) is 9.13 Å². The standard InChI is InChI=1S/C11H14N2O2/c1-4-7-5-8(7)9-6-10(14)13(3)11(15)12(9)2/h4,6-8H,1,5H2,2-3H3/t7-,8-/m1/s1. The lowest BCUT2D eigenvalue weighted by Crippen LogP contribution is -2.37. The molecule has 0 aromatic carbocycles. The maximum absolute atomic E-state index is 11.6. The van der Waals surface area contributed by atoms with E-state index in [9.17, 15) is 9.59 Å². The van der Waals surface area contributed by atoms with Crippen molar-refractivity contribution in [3.8, 4) is 0 Å². The zero-order chi connectivity index (χ0) is 11.2. The SMILES string of the molecule is C=C[C@@H]1C[C@H]1c1cc(=O)n(C)c(=O)n1C. The van der Waals surface area contributed by atoms with Crippen LogP contribution in [0.3, 0.4) is 0 Å². The highest BCUT2D eigenvalue weighted by molar-refractivity contribution is 5.21. The number of nitrogens with zero attached hydrogens (tertiary/aromatic N) is 2. The van der Waals surface area contributed by atoms with E-state index < -0.39 is 0 Å². The van der Waals surface area contributed by atoms with Gasteiger partial charge in [0.15, 0.2) is 0 Å². The van der Waals surface area contributed by atoms with E-state index in [2.05, 4.69) is 6.58 Å². The van der Waals surface area contributed by atoms with Gasteiger partial charge in [-0.15, -0.1) is 6.58 Å². The van der Waals surface area contributed by atoms with Crippen molar-refractivity contribution in [2.24, 2.45) is 20.0 Å². The summed E-state index contributed by atoms with van der Waals surface area (Å²) in [6, 6.07) is 1.55. The van der Waals surface area contributed by atoms with Gasteiger partial charge in [0.05, 0.1) is 0 Å². The molecule has 0 unspecified atom stereocenters. The van der Waals surface area contributed by atoms with Gasteiger partial charge in [-0.2, -0.15) is 0 Å². The summed E-state index contributed by atoms with van der Waals surface area (Å²) in [4.78, 5) is 23.1. The Balaban J connectivity index is 2.55. The van der Waals surface area contributed by atoms with Crippen molar-refractivity contribution in [1.82, 2.24) is 9.13 Å². The van der Waals surface area contributed by atoms with Gasteiger partial charge in [0.2, 0.25) is 0 Å². The molecule has 0 amide bonds. The van der Waals surface area contributed by atoms with Crippen LogP contribution in [0.4, 0.5) is 0 Å². The maximum Gasteiger partial charge on any atom is 0.330 e. The van der Waals surface area contributed by atoms with Crippen molar-refractivity contribution in [2.45, 2.75) is 12.3 Å². The lowest BCUT2D eigenvalue weighted by atomic mass is 10.2. The van der Waals surface area contributed by atoms with E-state index in [1.807, 2.05) is 6.08 Å². The Morgan fingerprint density at radius 2 is 2.07 bits per heavy atom. The largest absolute Gasteiger partial charge is 0.330 e. The van der Waals surface area contributed by atoms with Gasteiger partial charge < -0.3 is 4.57 Å². The third kappa shape index (κ3) is 1.46. The molecule has 1 aliphatic carbocycles. The lowest BCUT2D eigenvalue weighted by molar-refractivity contribution is 0.647. The molecule has 2 rings (SSSR count). The summed E-state index contributed by atoms with van der Waals surface area (Å²) in [7, 11) is 3.20. The van der Waals surface area contributed by atoms with Gasteiger partial charge in [0.25, 0.3) is 5.56 Å². The third-order valence-electron chi connectivity index (χ3n) is 3.09. The van der Waals surface area contributed by atoms with Gasteiger partial charge in [0.1, 0.15) is 0 Å². The molecule has 1 heterocycles. The van der Waals surface area contributed by atoms with Crippen LogP contribution in [0.1, 0.15) is 18.0 Å². The highest BCUT2D eigenvalue weighted by atomic mass is 16.2. The molecule has 1 aromatic rings. The lowest BCUT2D eigenvalue weighted by Gasteiger charge is -2.08. The Morgan fingerprint density at radius 1 is 1.40 bits per heavy atom. The van der Waals surface area contributed by atoms with Crippen LogP contribution in [0.5, 0.6) is 0 Å². The molecule has 0 N–H and O–H groups in total. The fourth-order valence-corrected chi connectivity index (χ4v) is 1.92. The predicted molar refractivity (Wildman–Crippen MR) is 58.0 cm³/mol. The number of aromatic nitrogens is 2. The molecule has 0 aliphatic heterocycles. The minimum atomic E-state index is -0.257. The predicted octanol–water partition coefficient (Wildman–Crippen LogP) is 0.373. The topological polar surface area (TPSA) is 44.0 Å². The summed E-state index contributed by atoms with van der Waals surface area (Å²) >= 11 is 0. The summed E-state index contributed by atoms with van der Waals surface area (Å²) < 4.78 is 2.67. The van der Waals surface area contributed by atoms with Crippen molar-refractivity contribution in [3.05, 3.63) is 45.3 Å². The maximum atomic E-state index is 11.6. The Morgan fingerprint density at radius 3 is 2.60 bits per heavy atom. The molecule has 15 heavy (non-hydrogen) atoms. The Hall–Kier alpha value is -1.58. The molecule has 0 spiro atoms. The smallest absolute Gasteiger partial charge is 0.300 e. The van der Waals surface area contributed by atoms with Crippen molar-refractivity contribution >= 4 is 0 Å². The summed E-state index contributed by atoms with van der Waals surface area (Å²) in [5.74, 6) is 0.719. The number of hydrogen-bond acceptors (Lipinski definition) is 2. The monoisotopic (exact) mass is 206 g/mol. The Labute approximate surface area is 87.5 Å². The molecular weight excluding hydrogens is 192 g/mol. The highest BCUT2D eigenvalue weighted by Crippen LogP contribution is 2.47. The first-order valence-electron chi connectivity index (χ1n) is 4.95. The van der Waals surface area contributed by atoms with Gasteiger partial charge in [-0.05, 0) is 12.3 Å². The van der Waals surface area contributed by atoms with Crippen molar-refractivity contribution in [1.29, 1.82) is 0 Å². The molecule has 0 saturated heterocycles. The second-order valence-electron chi connectivity index (χ2n) is 4.05. The molecule has 0 bridgehead atoms. The molecule has 0 radical (unpaired) electrons. The Kier molecular flexibility index (Phi) is 2.14. The van der Waals surface area contributed by atoms with Crippen LogP contribution in [0.15, 0.2) is 28.3 Å². The minimum Gasteiger partial charge on any atom is -0.300 e. The van der Waals surface area contributed by atoms with Crippen LogP contribution in [-0.2, 0) is 14.1 Å². The van der Waals surface area contributed by atoms with E-state index in [1.54, 1.807) is 17.7 Å². The molecule has 1 saturated carbocycles. The summed E-state index contributed by atoms with van der Waals surface area (Å²) in [6.07, 6.45) is 2.87. The first kappa shape index (κ1) is 9.96. The van der Waals surface area contributed by atoms with Crippen LogP contribution in [0, 0.1) is 5.92 Å². The van der Waals surface area contributed by atoms with E-state index in [1.165, 1.54) is 7.05 Å². The molecule has 1 fully saturated rings. The van der Waals surface area contributed by atoms with E-state index in [0.717, 1.165) is 16.7 Å². The van der Waals surface area contributed by atoms with E-state index in [-0.39, 0.29) is 11.2 Å². The normalized spacial score (nSPS) is 23.9. The molecule has 80 valence electrons.